The maximum absolute atomic E-state index is 11.7. The van der Waals surface area contributed by atoms with Gasteiger partial charge in [0.25, 0.3) is 0 Å². The predicted octanol–water partition coefficient (Wildman–Crippen LogP) is 2.60. The van der Waals surface area contributed by atoms with E-state index in [0.29, 0.717) is 64.9 Å². The summed E-state index contributed by atoms with van der Waals surface area (Å²) >= 11 is 1.39. The molecule has 0 aliphatic carbocycles. The van der Waals surface area contributed by atoms with E-state index in [9.17, 15) is 9.47 Å². The number of piperidine rings is 1. The van der Waals surface area contributed by atoms with Crippen LogP contribution in [-0.4, -0.2) is 60.6 Å². The minimum atomic E-state index is -0.914. The molecule has 2 aromatic heterocycles. The van der Waals surface area contributed by atoms with Crippen LogP contribution in [0.15, 0.2) is 28.5 Å². The number of rotatable bonds is 6. The Balaban J connectivity index is 1.43. The first-order valence-corrected chi connectivity index (χ1v) is 13.4. The fourth-order valence-corrected chi connectivity index (χ4v) is 6.05. The fourth-order valence-electron chi connectivity index (χ4n) is 4.32. The molecule has 2 N–H and O–H groups in total. The fraction of sp³-hybridized carbons (Fsp3) is 0.455. The number of ether oxygens (including phenoxy) is 2. The second kappa shape index (κ2) is 9.77. The third kappa shape index (κ3) is 4.55. The van der Waals surface area contributed by atoms with Crippen molar-refractivity contribution in [2.45, 2.75) is 35.9 Å². The highest BCUT2D eigenvalue weighted by atomic mass is 32.2. The van der Waals surface area contributed by atoms with Crippen LogP contribution >= 0.6 is 11.8 Å². The number of fused-ring (bicyclic) bond motifs is 2. The maximum atomic E-state index is 11.7. The van der Waals surface area contributed by atoms with E-state index in [-0.39, 0.29) is 0 Å². The lowest BCUT2D eigenvalue weighted by atomic mass is 9.95. The Bertz CT molecular complexity index is 1280. The number of aromatic nitrogens is 4. The average molecular weight is 500 g/mol. The molecule has 1 aromatic carbocycles. The zero-order chi connectivity index (χ0) is 23.7. The molecule has 178 valence electrons. The van der Waals surface area contributed by atoms with E-state index in [0.717, 1.165) is 37.2 Å². The van der Waals surface area contributed by atoms with Crippen molar-refractivity contribution in [1.29, 1.82) is 5.26 Å². The summed E-state index contributed by atoms with van der Waals surface area (Å²) in [5, 5.41) is 10.4. The van der Waals surface area contributed by atoms with Crippen LogP contribution in [0, 0.1) is 17.2 Å². The SMILES string of the molecule is CS(=O)N1CCC(CCn2c(Sc3cc4c(cc3C#N)OCCO4)nc3c(N)ncnc32)CC1. The Hall–Kier alpha value is -2.88. The molecule has 4 heterocycles. The van der Waals surface area contributed by atoms with Crippen molar-refractivity contribution in [1.82, 2.24) is 23.8 Å². The number of benzene rings is 1. The van der Waals surface area contributed by atoms with Gasteiger partial charge in [0, 0.05) is 36.9 Å². The molecule has 0 amide bonds. The lowest BCUT2D eigenvalue weighted by Gasteiger charge is -2.30. The number of aryl methyl sites for hydroxylation is 1. The first-order chi connectivity index (χ1) is 16.5. The van der Waals surface area contributed by atoms with Crippen molar-refractivity contribution in [3.05, 3.63) is 24.0 Å². The van der Waals surface area contributed by atoms with Crippen molar-refractivity contribution in [3.63, 3.8) is 0 Å². The topological polar surface area (TPSA) is 132 Å². The van der Waals surface area contributed by atoms with E-state index >= 15 is 0 Å². The normalized spacial score (nSPS) is 17.5. The molecule has 0 bridgehead atoms. The molecule has 3 aromatic rings. The maximum Gasteiger partial charge on any atom is 0.175 e. The Morgan fingerprint density at radius 1 is 1.24 bits per heavy atom. The highest BCUT2D eigenvalue weighted by Crippen LogP contribution is 2.40. The Kier molecular flexibility index (Phi) is 6.58. The predicted molar refractivity (Wildman–Crippen MR) is 129 cm³/mol. The largest absolute Gasteiger partial charge is 0.486 e. The number of nitrogen functional groups attached to an aromatic ring is 1. The van der Waals surface area contributed by atoms with Crippen molar-refractivity contribution in [2.75, 3.05) is 38.3 Å². The summed E-state index contributed by atoms with van der Waals surface area (Å²) in [6.45, 7) is 3.33. The van der Waals surface area contributed by atoms with E-state index in [1.54, 1.807) is 12.3 Å². The molecule has 0 spiro atoms. The lowest BCUT2D eigenvalue weighted by Crippen LogP contribution is -2.34. The Morgan fingerprint density at radius 3 is 2.68 bits per heavy atom. The summed E-state index contributed by atoms with van der Waals surface area (Å²) in [4.78, 5) is 14.0. The Labute approximate surface area is 204 Å². The van der Waals surface area contributed by atoms with Gasteiger partial charge in [0.15, 0.2) is 33.6 Å². The molecule has 2 aliphatic rings. The molecule has 1 atom stereocenters. The average Bonchev–Trinajstić information content (AvgIpc) is 3.20. The number of hydrogen-bond acceptors (Lipinski definition) is 9. The quantitative estimate of drug-likeness (QED) is 0.543. The van der Waals surface area contributed by atoms with Gasteiger partial charge < -0.3 is 19.8 Å². The number of nitrogens with two attached hydrogens (primary N) is 1. The zero-order valence-corrected chi connectivity index (χ0v) is 20.4. The molecule has 5 rings (SSSR count). The van der Waals surface area contributed by atoms with Crippen LogP contribution in [0.3, 0.4) is 0 Å². The second-order valence-corrected chi connectivity index (χ2v) is 10.6. The van der Waals surface area contributed by atoms with Gasteiger partial charge in [0.2, 0.25) is 0 Å². The van der Waals surface area contributed by atoms with Crippen molar-refractivity contribution in [3.8, 4) is 17.6 Å². The van der Waals surface area contributed by atoms with E-state index < -0.39 is 11.0 Å². The number of imidazole rings is 1. The smallest absolute Gasteiger partial charge is 0.175 e. The summed E-state index contributed by atoms with van der Waals surface area (Å²) in [6.07, 6.45) is 6.14. The van der Waals surface area contributed by atoms with Crippen molar-refractivity contribution < 1.29 is 13.7 Å². The monoisotopic (exact) mass is 499 g/mol. The van der Waals surface area contributed by atoms with Gasteiger partial charge in [-0.15, -0.1) is 0 Å². The van der Waals surface area contributed by atoms with Gasteiger partial charge in [-0.3, -0.25) is 0 Å². The van der Waals surface area contributed by atoms with Crippen LogP contribution in [0.1, 0.15) is 24.8 Å². The van der Waals surface area contributed by atoms with Gasteiger partial charge in [0.1, 0.15) is 25.6 Å². The minimum absolute atomic E-state index is 0.326. The third-order valence-electron chi connectivity index (χ3n) is 6.19. The van der Waals surface area contributed by atoms with Crippen molar-refractivity contribution >= 4 is 39.7 Å². The van der Waals surface area contributed by atoms with E-state index in [1.807, 2.05) is 10.4 Å². The van der Waals surface area contributed by atoms with E-state index in [2.05, 4.69) is 20.6 Å². The van der Waals surface area contributed by atoms with Crippen LogP contribution in [-0.2, 0) is 17.5 Å². The number of nitriles is 1. The number of anilines is 1. The highest BCUT2D eigenvalue weighted by Gasteiger charge is 2.24. The van der Waals surface area contributed by atoms with Crippen LogP contribution in [0.4, 0.5) is 5.82 Å². The molecular formula is C22H25N7O3S2. The molecule has 1 saturated heterocycles. The summed E-state index contributed by atoms with van der Waals surface area (Å²) in [5.41, 5.74) is 7.83. The van der Waals surface area contributed by atoms with Gasteiger partial charge in [-0.25, -0.2) is 23.5 Å². The molecular weight excluding hydrogens is 474 g/mol. The van der Waals surface area contributed by atoms with Crippen LogP contribution in [0.5, 0.6) is 11.5 Å². The molecule has 2 aliphatic heterocycles. The standard InChI is InChI=1S/C22H25N7O3S2/c1-34(30)28-5-2-14(3-6-28)4-7-29-21-19(20(24)25-13-26-21)27-22(29)33-18-11-17-16(10-15(18)12-23)31-8-9-32-17/h10-11,13-14H,2-9H2,1H3,(H2,24,25,26). The Morgan fingerprint density at radius 2 is 1.97 bits per heavy atom. The number of nitrogens with zero attached hydrogens (tertiary/aromatic N) is 6. The summed E-state index contributed by atoms with van der Waals surface area (Å²) in [6, 6.07) is 5.79. The molecule has 0 radical (unpaired) electrons. The molecule has 10 nitrogen and oxygen atoms in total. The lowest BCUT2D eigenvalue weighted by molar-refractivity contribution is 0.171. The first-order valence-electron chi connectivity index (χ1n) is 11.1. The van der Waals surface area contributed by atoms with Gasteiger partial charge >= 0.3 is 0 Å². The third-order valence-corrected chi connectivity index (χ3v) is 8.33. The van der Waals surface area contributed by atoms with Crippen LogP contribution in [0.2, 0.25) is 0 Å². The van der Waals surface area contributed by atoms with Gasteiger partial charge in [-0.05, 0) is 31.2 Å². The summed E-state index contributed by atoms with van der Waals surface area (Å²) in [7, 11) is -0.914. The van der Waals surface area contributed by atoms with E-state index in [1.165, 1.54) is 18.1 Å². The molecule has 1 fully saturated rings. The number of hydrogen-bond donors (Lipinski definition) is 1. The zero-order valence-electron chi connectivity index (χ0n) is 18.8. The minimum Gasteiger partial charge on any atom is -0.486 e. The van der Waals surface area contributed by atoms with Gasteiger partial charge in [0.05, 0.1) is 16.5 Å². The summed E-state index contributed by atoms with van der Waals surface area (Å²) in [5.74, 6) is 2.05. The van der Waals surface area contributed by atoms with Crippen LogP contribution in [0.25, 0.3) is 11.2 Å². The highest BCUT2D eigenvalue weighted by molar-refractivity contribution is 7.99. The first kappa shape index (κ1) is 22.9. The molecule has 12 heteroatoms. The molecule has 1 unspecified atom stereocenters. The van der Waals surface area contributed by atoms with Crippen molar-refractivity contribution in [2.24, 2.45) is 5.92 Å². The second-order valence-electron chi connectivity index (χ2n) is 8.27. The van der Waals surface area contributed by atoms with Crippen LogP contribution < -0.4 is 15.2 Å². The van der Waals surface area contributed by atoms with E-state index in [4.69, 9.17) is 20.2 Å². The van der Waals surface area contributed by atoms with Gasteiger partial charge in [-0.2, -0.15) is 5.26 Å². The molecule has 34 heavy (non-hydrogen) atoms. The summed E-state index contributed by atoms with van der Waals surface area (Å²) < 4.78 is 27.2. The van der Waals surface area contributed by atoms with Gasteiger partial charge in [-0.1, -0.05) is 11.8 Å². The molecule has 0 saturated carbocycles.